The minimum absolute atomic E-state index is 0.00730. The van der Waals surface area contributed by atoms with E-state index in [4.69, 9.17) is 19.3 Å². The molecule has 18 heteroatoms. The number of nitrogens with two attached hydrogens (primary N) is 1. The van der Waals surface area contributed by atoms with Gasteiger partial charge in [0.2, 0.25) is 16.8 Å². The second-order valence-electron chi connectivity index (χ2n) is 9.82. The standard InChI is InChI=1S/C23H28N6O10S2/c24-41(35,36)21-11-18(29(33)34)22(40-21)25-5-7-26(8-6-25)23(30)37-13-16-3-1-2-4-27(16)12-15-9-19-20(39-14-38-19)10-17(15)28(31)32/h9-11,16H,1-8,12-14H2,(H2,24,35,36). The van der Waals surface area contributed by atoms with Crippen LogP contribution in [-0.4, -0.2) is 86.3 Å². The second-order valence-corrected chi connectivity index (χ2v) is 12.6. The number of amides is 1. The monoisotopic (exact) mass is 612 g/mol. The van der Waals surface area contributed by atoms with Crippen LogP contribution in [0.25, 0.3) is 0 Å². The Morgan fingerprint density at radius 3 is 2.37 bits per heavy atom. The number of rotatable bonds is 8. The number of sulfonamides is 1. The van der Waals surface area contributed by atoms with Crippen molar-refractivity contribution in [3.63, 3.8) is 0 Å². The van der Waals surface area contributed by atoms with Gasteiger partial charge in [-0.1, -0.05) is 17.8 Å². The van der Waals surface area contributed by atoms with Crippen molar-refractivity contribution >= 4 is 43.8 Å². The van der Waals surface area contributed by atoms with Crippen molar-refractivity contribution in [2.75, 3.05) is 51.0 Å². The summed E-state index contributed by atoms with van der Waals surface area (Å²) in [6.45, 7) is 2.00. The number of fused-ring (bicyclic) bond motifs is 1. The number of piperidine rings is 1. The lowest BCUT2D eigenvalue weighted by Gasteiger charge is -2.37. The molecule has 16 nitrogen and oxygen atoms in total. The average Bonchev–Trinajstić information content (AvgIpc) is 3.59. The Bertz CT molecular complexity index is 1460. The number of anilines is 1. The smallest absolute Gasteiger partial charge is 0.409 e. The van der Waals surface area contributed by atoms with E-state index in [-0.39, 0.29) is 72.8 Å². The topological polar surface area (TPSA) is 201 Å². The normalized spacial score (nSPS) is 19.3. The molecule has 5 rings (SSSR count). The van der Waals surface area contributed by atoms with Crippen LogP contribution in [0.15, 0.2) is 22.4 Å². The van der Waals surface area contributed by atoms with Gasteiger partial charge in [0.25, 0.3) is 5.69 Å². The Labute approximate surface area is 238 Å². The minimum Gasteiger partial charge on any atom is -0.454 e. The van der Waals surface area contributed by atoms with E-state index in [2.05, 4.69) is 4.90 Å². The minimum atomic E-state index is -4.10. The molecule has 0 saturated carbocycles. The number of carbonyl (C=O) groups excluding carboxylic acids is 1. The van der Waals surface area contributed by atoms with Crippen molar-refractivity contribution in [1.29, 1.82) is 0 Å². The molecule has 1 unspecified atom stereocenters. The van der Waals surface area contributed by atoms with Crippen molar-refractivity contribution in [3.05, 3.63) is 44.0 Å². The lowest BCUT2D eigenvalue weighted by atomic mass is 10.0. The van der Waals surface area contributed by atoms with E-state index in [0.29, 0.717) is 23.6 Å². The highest BCUT2D eigenvalue weighted by atomic mass is 32.2. The number of nitrogens with zero attached hydrogens (tertiary/aromatic N) is 5. The maximum absolute atomic E-state index is 12.9. The van der Waals surface area contributed by atoms with Crippen molar-refractivity contribution in [2.45, 2.75) is 36.1 Å². The molecule has 1 atom stereocenters. The maximum atomic E-state index is 12.9. The Kier molecular flexibility index (Phi) is 8.16. The van der Waals surface area contributed by atoms with Crippen LogP contribution >= 0.6 is 11.3 Å². The first-order chi connectivity index (χ1) is 19.5. The van der Waals surface area contributed by atoms with Gasteiger partial charge in [0.05, 0.1) is 15.9 Å². The third-order valence-corrected chi connectivity index (χ3v) is 9.87. The molecule has 2 fully saturated rings. The lowest BCUT2D eigenvalue weighted by Crippen LogP contribution is -2.50. The van der Waals surface area contributed by atoms with Gasteiger partial charge in [0.1, 0.15) is 10.8 Å². The summed E-state index contributed by atoms with van der Waals surface area (Å²) in [6, 6.07) is 3.81. The van der Waals surface area contributed by atoms with Crippen molar-refractivity contribution in [2.24, 2.45) is 5.14 Å². The highest BCUT2D eigenvalue weighted by Crippen LogP contribution is 2.40. The SMILES string of the molecule is NS(=O)(=O)c1cc([N+](=O)[O-])c(N2CCN(C(=O)OCC3CCCCN3Cc3cc4c(cc3[N+](=O)[O-])OCO4)CC2)s1. The van der Waals surface area contributed by atoms with Crippen LogP contribution < -0.4 is 19.5 Å². The van der Waals surface area contributed by atoms with Gasteiger partial charge >= 0.3 is 11.8 Å². The van der Waals surface area contributed by atoms with Gasteiger partial charge in [0, 0.05) is 50.4 Å². The Morgan fingerprint density at radius 2 is 1.71 bits per heavy atom. The third-order valence-electron chi connectivity index (χ3n) is 7.27. The number of nitro groups is 2. The summed E-state index contributed by atoms with van der Waals surface area (Å²) in [4.78, 5) is 40.2. The number of benzene rings is 1. The molecule has 0 radical (unpaired) electrons. The fourth-order valence-corrected chi connectivity index (χ4v) is 7.03. The molecule has 3 aliphatic rings. The quantitative estimate of drug-likeness (QED) is 0.337. The predicted octanol–water partition coefficient (Wildman–Crippen LogP) is 2.25. The van der Waals surface area contributed by atoms with Gasteiger partial charge in [-0.25, -0.2) is 18.4 Å². The summed E-state index contributed by atoms with van der Waals surface area (Å²) in [7, 11) is -4.10. The summed E-state index contributed by atoms with van der Waals surface area (Å²) < 4.78 is 39.4. The van der Waals surface area contributed by atoms with Gasteiger partial charge in [-0.3, -0.25) is 25.1 Å². The summed E-state index contributed by atoms with van der Waals surface area (Å²) >= 11 is 0.724. The van der Waals surface area contributed by atoms with Gasteiger partial charge in [-0.05, 0) is 25.5 Å². The van der Waals surface area contributed by atoms with Crippen molar-refractivity contribution in [3.8, 4) is 11.5 Å². The van der Waals surface area contributed by atoms with Gasteiger partial charge < -0.3 is 24.0 Å². The van der Waals surface area contributed by atoms with Crippen LogP contribution in [0.1, 0.15) is 24.8 Å². The van der Waals surface area contributed by atoms with Crippen LogP contribution in [0.2, 0.25) is 0 Å². The molecule has 2 N–H and O–H groups in total. The largest absolute Gasteiger partial charge is 0.454 e. The van der Waals surface area contributed by atoms with Crippen LogP contribution in [0, 0.1) is 20.2 Å². The van der Waals surface area contributed by atoms with Crippen molar-refractivity contribution < 1.29 is 37.3 Å². The first kappa shape index (κ1) is 28.8. The molecule has 3 aliphatic heterocycles. The number of hydrogen-bond acceptors (Lipinski definition) is 13. The summed E-state index contributed by atoms with van der Waals surface area (Å²) in [5, 5.41) is 28.5. The molecule has 41 heavy (non-hydrogen) atoms. The van der Waals surface area contributed by atoms with E-state index < -0.39 is 26.0 Å². The lowest BCUT2D eigenvalue weighted by molar-refractivity contribution is -0.385. The van der Waals surface area contributed by atoms with E-state index in [1.807, 2.05) is 0 Å². The van der Waals surface area contributed by atoms with Crippen LogP contribution in [0.4, 0.5) is 21.2 Å². The first-order valence-electron chi connectivity index (χ1n) is 12.8. The number of primary sulfonamides is 1. The molecule has 1 aromatic carbocycles. The van der Waals surface area contributed by atoms with E-state index in [0.717, 1.165) is 36.7 Å². The molecule has 0 spiro atoms. The van der Waals surface area contributed by atoms with Gasteiger partial charge in [-0.2, -0.15) is 0 Å². The zero-order chi connectivity index (χ0) is 29.3. The molecule has 1 aromatic heterocycles. The molecule has 1 amide bonds. The summed E-state index contributed by atoms with van der Waals surface area (Å²) in [5.41, 5.74) is 0.0765. The molecular formula is C23H28N6O10S2. The van der Waals surface area contributed by atoms with Gasteiger partial charge in [0.15, 0.2) is 16.5 Å². The number of thiophene rings is 1. The number of hydrogen-bond donors (Lipinski definition) is 1. The molecule has 2 aromatic rings. The van der Waals surface area contributed by atoms with Crippen LogP contribution in [0.3, 0.4) is 0 Å². The molecule has 0 aliphatic carbocycles. The van der Waals surface area contributed by atoms with E-state index in [1.165, 1.54) is 11.0 Å². The zero-order valence-electron chi connectivity index (χ0n) is 21.8. The number of piperazine rings is 1. The average molecular weight is 613 g/mol. The van der Waals surface area contributed by atoms with E-state index in [9.17, 15) is 33.4 Å². The number of nitro benzene ring substituents is 1. The van der Waals surface area contributed by atoms with Crippen LogP contribution in [-0.2, 0) is 21.3 Å². The molecule has 0 bridgehead atoms. The number of likely N-dealkylation sites (tertiary alicyclic amines) is 1. The zero-order valence-corrected chi connectivity index (χ0v) is 23.4. The van der Waals surface area contributed by atoms with E-state index in [1.54, 1.807) is 11.0 Å². The second kappa shape index (κ2) is 11.6. The Balaban J connectivity index is 1.19. The number of ether oxygens (including phenoxy) is 3. The van der Waals surface area contributed by atoms with E-state index >= 15 is 0 Å². The number of carbonyl (C=O) groups is 1. The molecule has 4 heterocycles. The fourth-order valence-electron chi connectivity index (χ4n) is 5.14. The highest BCUT2D eigenvalue weighted by molar-refractivity contribution is 7.91. The third kappa shape index (κ3) is 6.29. The van der Waals surface area contributed by atoms with Crippen LogP contribution in [0.5, 0.6) is 11.5 Å². The molecule has 2 saturated heterocycles. The Morgan fingerprint density at radius 1 is 1.02 bits per heavy atom. The highest BCUT2D eigenvalue weighted by Gasteiger charge is 2.33. The summed E-state index contributed by atoms with van der Waals surface area (Å²) in [5.74, 6) is 0.793. The van der Waals surface area contributed by atoms with Gasteiger partial charge in [-0.15, -0.1) is 0 Å². The first-order valence-corrected chi connectivity index (χ1v) is 15.2. The molecular weight excluding hydrogens is 584 g/mol. The predicted molar refractivity (Wildman–Crippen MR) is 145 cm³/mol. The Hall–Kier alpha value is -3.74. The van der Waals surface area contributed by atoms with Crippen molar-refractivity contribution in [1.82, 2.24) is 9.80 Å². The summed E-state index contributed by atoms with van der Waals surface area (Å²) in [6.07, 6.45) is 2.07. The fraction of sp³-hybridized carbons (Fsp3) is 0.522. The molecule has 222 valence electrons. The maximum Gasteiger partial charge on any atom is 0.409 e.